The second-order valence-corrected chi connectivity index (χ2v) is 5.99. The SMILES string of the molecule is C=C(CC)CC(NC)c1ccccc1C(C)(C)C. The zero-order valence-electron chi connectivity index (χ0n) is 12.5. The topological polar surface area (TPSA) is 12.0 Å². The number of nitrogens with one attached hydrogen (secondary N) is 1. The van der Waals surface area contributed by atoms with Crippen LogP contribution in [-0.2, 0) is 5.41 Å². The highest BCUT2D eigenvalue weighted by atomic mass is 14.9. The van der Waals surface area contributed by atoms with E-state index in [1.54, 1.807) is 0 Å². The first kappa shape index (κ1) is 15.0. The summed E-state index contributed by atoms with van der Waals surface area (Å²) < 4.78 is 0. The fourth-order valence-corrected chi connectivity index (χ4v) is 2.28. The molecule has 1 aromatic rings. The molecule has 1 aromatic carbocycles. The maximum atomic E-state index is 4.14. The van der Waals surface area contributed by atoms with Gasteiger partial charge in [-0.1, -0.05) is 64.1 Å². The lowest BCUT2D eigenvalue weighted by molar-refractivity contribution is 0.535. The van der Waals surface area contributed by atoms with Crippen molar-refractivity contribution in [1.82, 2.24) is 5.32 Å². The van der Waals surface area contributed by atoms with Crippen molar-refractivity contribution in [3.05, 3.63) is 47.5 Å². The molecule has 18 heavy (non-hydrogen) atoms. The lowest BCUT2D eigenvalue weighted by Crippen LogP contribution is -2.22. The van der Waals surface area contributed by atoms with Gasteiger partial charge in [0.2, 0.25) is 0 Å². The molecule has 0 fully saturated rings. The molecule has 1 rings (SSSR count). The zero-order valence-corrected chi connectivity index (χ0v) is 12.5. The molecule has 0 saturated heterocycles. The first-order valence-corrected chi connectivity index (χ1v) is 6.83. The average molecular weight is 245 g/mol. The molecular weight excluding hydrogens is 218 g/mol. The van der Waals surface area contributed by atoms with Crippen LogP contribution in [-0.4, -0.2) is 7.05 Å². The third kappa shape index (κ3) is 3.71. The van der Waals surface area contributed by atoms with Gasteiger partial charge in [0.15, 0.2) is 0 Å². The standard InChI is InChI=1S/C17H27N/c1-7-13(2)12-16(18-6)14-10-8-9-11-15(14)17(3,4)5/h8-11,16,18H,2,7,12H2,1,3-6H3. The maximum Gasteiger partial charge on any atom is 0.0357 e. The second-order valence-electron chi connectivity index (χ2n) is 5.99. The molecule has 1 atom stereocenters. The third-order valence-corrected chi connectivity index (χ3v) is 3.49. The summed E-state index contributed by atoms with van der Waals surface area (Å²) in [7, 11) is 2.03. The molecule has 1 N–H and O–H groups in total. The van der Waals surface area contributed by atoms with E-state index in [1.807, 2.05) is 7.05 Å². The second kappa shape index (κ2) is 6.19. The molecule has 0 heterocycles. The van der Waals surface area contributed by atoms with Crippen molar-refractivity contribution in [3.63, 3.8) is 0 Å². The summed E-state index contributed by atoms with van der Waals surface area (Å²) in [6, 6.07) is 9.11. The molecular formula is C17H27N. The third-order valence-electron chi connectivity index (χ3n) is 3.49. The summed E-state index contributed by atoms with van der Waals surface area (Å²) >= 11 is 0. The lowest BCUT2D eigenvalue weighted by Gasteiger charge is -2.27. The monoisotopic (exact) mass is 245 g/mol. The van der Waals surface area contributed by atoms with Gasteiger partial charge in [-0.15, -0.1) is 0 Å². The lowest BCUT2D eigenvalue weighted by atomic mass is 9.81. The van der Waals surface area contributed by atoms with Crippen LogP contribution in [0.25, 0.3) is 0 Å². The molecule has 1 unspecified atom stereocenters. The van der Waals surface area contributed by atoms with Crippen molar-refractivity contribution in [2.24, 2.45) is 0 Å². The van der Waals surface area contributed by atoms with Gasteiger partial charge in [0, 0.05) is 6.04 Å². The summed E-state index contributed by atoms with van der Waals surface area (Å²) in [5, 5.41) is 3.44. The van der Waals surface area contributed by atoms with Gasteiger partial charge >= 0.3 is 0 Å². The van der Waals surface area contributed by atoms with Crippen molar-refractivity contribution < 1.29 is 0 Å². The quantitative estimate of drug-likeness (QED) is 0.747. The van der Waals surface area contributed by atoms with Gasteiger partial charge < -0.3 is 5.32 Å². The molecule has 0 radical (unpaired) electrons. The highest BCUT2D eigenvalue weighted by Crippen LogP contribution is 2.32. The van der Waals surface area contributed by atoms with Gasteiger partial charge in [0.25, 0.3) is 0 Å². The summed E-state index contributed by atoms with van der Waals surface area (Å²) in [5.41, 5.74) is 4.31. The van der Waals surface area contributed by atoms with Gasteiger partial charge in [-0.05, 0) is 36.4 Å². The number of hydrogen-bond donors (Lipinski definition) is 1. The van der Waals surface area contributed by atoms with Crippen molar-refractivity contribution in [2.45, 2.75) is 52.0 Å². The van der Waals surface area contributed by atoms with Crippen molar-refractivity contribution in [2.75, 3.05) is 7.05 Å². The van der Waals surface area contributed by atoms with Crippen LogP contribution < -0.4 is 5.32 Å². The van der Waals surface area contributed by atoms with Crippen LogP contribution in [0.4, 0.5) is 0 Å². The molecule has 0 aromatic heterocycles. The Bertz CT molecular complexity index is 398. The number of hydrogen-bond acceptors (Lipinski definition) is 1. The Labute approximate surface area is 112 Å². The predicted octanol–water partition coefficient (Wildman–Crippen LogP) is 4.60. The van der Waals surface area contributed by atoms with Crippen LogP contribution in [0.15, 0.2) is 36.4 Å². The van der Waals surface area contributed by atoms with E-state index in [0.717, 1.165) is 12.8 Å². The molecule has 1 nitrogen and oxygen atoms in total. The largest absolute Gasteiger partial charge is 0.313 e. The van der Waals surface area contributed by atoms with Gasteiger partial charge in [0.1, 0.15) is 0 Å². The molecule has 0 bridgehead atoms. The highest BCUT2D eigenvalue weighted by molar-refractivity contribution is 5.35. The van der Waals surface area contributed by atoms with Crippen LogP contribution in [0.2, 0.25) is 0 Å². The zero-order chi connectivity index (χ0) is 13.8. The Kier molecular flexibility index (Phi) is 5.15. The van der Waals surface area contributed by atoms with E-state index in [-0.39, 0.29) is 5.41 Å². The summed E-state index contributed by atoms with van der Waals surface area (Å²) in [6.45, 7) is 13.1. The Hall–Kier alpha value is -1.08. The molecule has 0 amide bonds. The van der Waals surface area contributed by atoms with E-state index in [1.165, 1.54) is 16.7 Å². The van der Waals surface area contributed by atoms with Gasteiger partial charge in [-0.25, -0.2) is 0 Å². The van der Waals surface area contributed by atoms with E-state index in [4.69, 9.17) is 0 Å². The number of rotatable bonds is 5. The molecule has 0 aliphatic carbocycles. The Morgan fingerprint density at radius 1 is 1.28 bits per heavy atom. The van der Waals surface area contributed by atoms with Crippen LogP contribution in [0.3, 0.4) is 0 Å². The first-order chi connectivity index (χ1) is 8.40. The first-order valence-electron chi connectivity index (χ1n) is 6.83. The molecule has 1 heteroatoms. The summed E-state index contributed by atoms with van der Waals surface area (Å²) in [4.78, 5) is 0. The molecule has 0 aliphatic heterocycles. The fraction of sp³-hybridized carbons (Fsp3) is 0.529. The van der Waals surface area contributed by atoms with E-state index < -0.39 is 0 Å². The minimum atomic E-state index is 0.180. The molecule has 0 spiro atoms. The van der Waals surface area contributed by atoms with Crippen molar-refractivity contribution >= 4 is 0 Å². The summed E-state index contributed by atoms with van der Waals surface area (Å²) in [5.74, 6) is 0. The van der Waals surface area contributed by atoms with E-state index in [9.17, 15) is 0 Å². The normalized spacial score (nSPS) is 13.4. The van der Waals surface area contributed by atoms with Gasteiger partial charge in [0.05, 0.1) is 0 Å². The molecule has 0 aliphatic rings. The van der Waals surface area contributed by atoms with Gasteiger partial charge in [-0.2, -0.15) is 0 Å². The minimum absolute atomic E-state index is 0.180. The molecule has 100 valence electrons. The van der Waals surface area contributed by atoms with Crippen LogP contribution >= 0.6 is 0 Å². The van der Waals surface area contributed by atoms with Crippen LogP contribution in [0.5, 0.6) is 0 Å². The Morgan fingerprint density at radius 3 is 2.39 bits per heavy atom. The maximum absolute atomic E-state index is 4.14. The van der Waals surface area contributed by atoms with Crippen LogP contribution in [0.1, 0.15) is 57.7 Å². The Balaban J connectivity index is 3.10. The van der Waals surface area contributed by atoms with Crippen molar-refractivity contribution in [3.8, 4) is 0 Å². The minimum Gasteiger partial charge on any atom is -0.313 e. The van der Waals surface area contributed by atoms with Gasteiger partial charge in [-0.3, -0.25) is 0 Å². The Morgan fingerprint density at radius 2 is 1.89 bits per heavy atom. The van der Waals surface area contributed by atoms with Crippen molar-refractivity contribution in [1.29, 1.82) is 0 Å². The predicted molar refractivity (Wildman–Crippen MR) is 81.0 cm³/mol. The average Bonchev–Trinajstić information content (AvgIpc) is 2.34. The van der Waals surface area contributed by atoms with E-state index >= 15 is 0 Å². The van der Waals surface area contributed by atoms with E-state index in [2.05, 4.69) is 63.9 Å². The smallest absolute Gasteiger partial charge is 0.0357 e. The fourth-order valence-electron chi connectivity index (χ4n) is 2.28. The molecule has 0 saturated carbocycles. The van der Waals surface area contributed by atoms with E-state index in [0.29, 0.717) is 6.04 Å². The number of benzene rings is 1. The summed E-state index contributed by atoms with van der Waals surface area (Å²) in [6.07, 6.45) is 2.07. The highest BCUT2D eigenvalue weighted by Gasteiger charge is 2.21. The van der Waals surface area contributed by atoms with Crippen LogP contribution in [0, 0.1) is 0 Å².